The summed E-state index contributed by atoms with van der Waals surface area (Å²) in [6, 6.07) is 3.01. The Morgan fingerprint density at radius 2 is 2.14 bits per heavy atom. The first-order chi connectivity index (χ1) is 13.2. The van der Waals surface area contributed by atoms with Gasteiger partial charge >= 0.3 is 0 Å². The molecule has 1 aromatic rings. The monoisotopic (exact) mass is 507 g/mol. The average Bonchev–Trinajstić information content (AvgIpc) is 2.65. The minimum Gasteiger partial charge on any atom is -0.467 e. The zero-order valence-corrected chi connectivity index (χ0v) is 19.0. The van der Waals surface area contributed by atoms with Gasteiger partial charge in [0.05, 0.1) is 6.61 Å². The molecule has 2 N–H and O–H groups in total. The van der Waals surface area contributed by atoms with Crippen molar-refractivity contribution < 1.29 is 18.6 Å². The lowest BCUT2D eigenvalue weighted by Gasteiger charge is -2.42. The predicted molar refractivity (Wildman–Crippen MR) is 118 cm³/mol. The van der Waals surface area contributed by atoms with Gasteiger partial charge in [0.25, 0.3) is 0 Å². The number of hydrogen-bond acceptors (Lipinski definition) is 4. The number of nitrogens with zero attached hydrogens (tertiary/aromatic N) is 1. The summed E-state index contributed by atoms with van der Waals surface area (Å²) in [5, 5.41) is 6.76. The molecule has 0 radical (unpaired) electrons. The first kappa shape index (κ1) is 23.2. The lowest BCUT2D eigenvalue weighted by molar-refractivity contribution is -0.0172. The number of methoxy groups -OCH3 is 1. The van der Waals surface area contributed by atoms with E-state index in [1.165, 1.54) is 31.4 Å². The van der Waals surface area contributed by atoms with E-state index >= 15 is 0 Å². The zero-order valence-electron chi connectivity index (χ0n) is 16.7. The Morgan fingerprint density at radius 3 is 2.82 bits per heavy atom. The molecule has 0 saturated heterocycles. The van der Waals surface area contributed by atoms with Crippen molar-refractivity contribution in [2.75, 3.05) is 40.6 Å². The van der Waals surface area contributed by atoms with Gasteiger partial charge in [-0.3, -0.25) is 4.99 Å². The Balaban J connectivity index is 0.00000280. The number of guanidine groups is 1. The molecule has 0 aromatic heterocycles. The maximum absolute atomic E-state index is 13.8. The molecule has 0 atom stereocenters. The SMILES string of the molecule is CN=C(NCCc1cc(F)cc2c1OCOC2)NCC1(CCOC)CCC1.I. The van der Waals surface area contributed by atoms with Crippen molar-refractivity contribution in [3.8, 4) is 5.75 Å². The summed E-state index contributed by atoms with van der Waals surface area (Å²) >= 11 is 0. The van der Waals surface area contributed by atoms with Crippen LogP contribution in [0.4, 0.5) is 4.39 Å². The molecule has 0 spiro atoms. The lowest BCUT2D eigenvalue weighted by Crippen LogP contribution is -2.47. The molecule has 1 heterocycles. The number of nitrogens with one attached hydrogen (secondary N) is 2. The summed E-state index contributed by atoms with van der Waals surface area (Å²) in [5.74, 6) is 1.26. The Labute approximate surface area is 183 Å². The van der Waals surface area contributed by atoms with E-state index in [2.05, 4.69) is 15.6 Å². The highest BCUT2D eigenvalue weighted by Gasteiger charge is 2.36. The van der Waals surface area contributed by atoms with E-state index in [0.717, 1.165) is 42.4 Å². The maximum Gasteiger partial charge on any atom is 0.191 e. The summed E-state index contributed by atoms with van der Waals surface area (Å²) in [5.41, 5.74) is 1.94. The van der Waals surface area contributed by atoms with E-state index in [1.54, 1.807) is 14.2 Å². The Bertz CT molecular complexity index is 668. The van der Waals surface area contributed by atoms with Crippen LogP contribution in [0.3, 0.4) is 0 Å². The quantitative estimate of drug-likeness (QED) is 0.322. The van der Waals surface area contributed by atoms with E-state index in [1.807, 2.05) is 0 Å². The summed E-state index contributed by atoms with van der Waals surface area (Å²) in [6.45, 7) is 2.94. The summed E-state index contributed by atoms with van der Waals surface area (Å²) in [7, 11) is 3.52. The highest BCUT2D eigenvalue weighted by atomic mass is 127. The molecule has 0 unspecified atom stereocenters. The molecular formula is C20H31FIN3O3. The van der Waals surface area contributed by atoms with Crippen LogP contribution in [0, 0.1) is 11.2 Å². The molecule has 1 aromatic carbocycles. The van der Waals surface area contributed by atoms with Crippen LogP contribution in [0.5, 0.6) is 5.75 Å². The normalized spacial score (nSPS) is 17.6. The fraction of sp³-hybridized carbons (Fsp3) is 0.650. The van der Waals surface area contributed by atoms with E-state index in [4.69, 9.17) is 14.2 Å². The minimum atomic E-state index is -0.259. The lowest BCUT2D eigenvalue weighted by atomic mass is 9.67. The molecule has 3 rings (SSSR count). The largest absolute Gasteiger partial charge is 0.467 e. The molecule has 0 amide bonds. The zero-order chi connectivity index (χ0) is 19.1. The molecule has 1 aliphatic heterocycles. The smallest absolute Gasteiger partial charge is 0.191 e. The third kappa shape index (κ3) is 5.93. The van der Waals surface area contributed by atoms with Gasteiger partial charge in [0.1, 0.15) is 11.6 Å². The van der Waals surface area contributed by atoms with Gasteiger partial charge in [-0.2, -0.15) is 0 Å². The first-order valence-corrected chi connectivity index (χ1v) is 9.61. The molecule has 0 bridgehead atoms. The van der Waals surface area contributed by atoms with Crippen molar-refractivity contribution >= 4 is 29.9 Å². The van der Waals surface area contributed by atoms with Crippen molar-refractivity contribution in [2.45, 2.75) is 38.7 Å². The molecular weight excluding hydrogens is 476 g/mol. The van der Waals surface area contributed by atoms with E-state index in [-0.39, 0.29) is 36.6 Å². The fourth-order valence-electron chi connectivity index (χ4n) is 3.76. The maximum atomic E-state index is 13.8. The number of benzene rings is 1. The van der Waals surface area contributed by atoms with Crippen LogP contribution in [0.15, 0.2) is 17.1 Å². The predicted octanol–water partition coefficient (Wildman–Crippen LogP) is 3.22. The average molecular weight is 507 g/mol. The Morgan fingerprint density at radius 1 is 1.32 bits per heavy atom. The molecule has 1 saturated carbocycles. The molecule has 2 aliphatic rings. The minimum absolute atomic E-state index is 0. The van der Waals surface area contributed by atoms with Crippen LogP contribution in [0.2, 0.25) is 0 Å². The number of aliphatic imine (C=N–C) groups is 1. The standard InChI is InChI=1S/C20H30FN3O3.HI/c1-22-19(24-13-20(5-3-6-20)7-9-25-2)23-8-4-15-10-17(21)11-16-12-26-14-27-18(15)16;/h10-11H,3-9,12-14H2,1-2H3,(H2,22,23,24);1H. The van der Waals surface area contributed by atoms with Crippen molar-refractivity contribution in [1.29, 1.82) is 0 Å². The van der Waals surface area contributed by atoms with Crippen LogP contribution in [0.1, 0.15) is 36.8 Å². The highest BCUT2D eigenvalue weighted by Crippen LogP contribution is 2.43. The Hall–Kier alpha value is -1.13. The van der Waals surface area contributed by atoms with Gasteiger partial charge in [-0.1, -0.05) is 6.42 Å². The number of halogens is 2. The molecule has 158 valence electrons. The molecule has 1 fully saturated rings. The van der Waals surface area contributed by atoms with Gasteiger partial charge in [-0.15, -0.1) is 24.0 Å². The van der Waals surface area contributed by atoms with Crippen LogP contribution in [-0.4, -0.2) is 46.6 Å². The van der Waals surface area contributed by atoms with Crippen LogP contribution in [-0.2, 0) is 22.5 Å². The number of rotatable bonds is 8. The summed E-state index contributed by atoms with van der Waals surface area (Å²) in [4.78, 5) is 4.30. The molecule has 8 heteroatoms. The van der Waals surface area contributed by atoms with Gasteiger partial charge in [-0.25, -0.2) is 4.39 Å². The highest BCUT2D eigenvalue weighted by molar-refractivity contribution is 14.0. The van der Waals surface area contributed by atoms with Gasteiger partial charge < -0.3 is 24.8 Å². The first-order valence-electron chi connectivity index (χ1n) is 9.61. The van der Waals surface area contributed by atoms with Crippen molar-refractivity contribution in [3.63, 3.8) is 0 Å². The second kappa shape index (κ2) is 11.2. The van der Waals surface area contributed by atoms with Gasteiger partial charge in [0, 0.05) is 39.4 Å². The molecule has 6 nitrogen and oxygen atoms in total. The summed E-state index contributed by atoms with van der Waals surface area (Å²) < 4.78 is 29.9. The third-order valence-corrected chi connectivity index (χ3v) is 5.54. The molecule has 28 heavy (non-hydrogen) atoms. The second-order valence-electron chi connectivity index (χ2n) is 7.36. The summed E-state index contributed by atoms with van der Waals surface area (Å²) in [6.07, 6.45) is 5.47. The molecule has 1 aliphatic carbocycles. The van der Waals surface area contributed by atoms with Crippen molar-refractivity contribution in [2.24, 2.45) is 10.4 Å². The van der Waals surface area contributed by atoms with Gasteiger partial charge in [-0.05, 0) is 48.8 Å². The number of fused-ring (bicyclic) bond motifs is 1. The third-order valence-electron chi connectivity index (χ3n) is 5.54. The number of hydrogen-bond donors (Lipinski definition) is 2. The van der Waals surface area contributed by atoms with Crippen LogP contribution < -0.4 is 15.4 Å². The number of ether oxygens (including phenoxy) is 3. The van der Waals surface area contributed by atoms with Gasteiger partial charge in [0.15, 0.2) is 12.8 Å². The van der Waals surface area contributed by atoms with E-state index in [9.17, 15) is 4.39 Å². The van der Waals surface area contributed by atoms with Crippen LogP contribution in [0.25, 0.3) is 0 Å². The van der Waals surface area contributed by atoms with Crippen LogP contribution >= 0.6 is 24.0 Å². The van der Waals surface area contributed by atoms with Crippen molar-refractivity contribution in [3.05, 3.63) is 29.1 Å². The van der Waals surface area contributed by atoms with E-state index in [0.29, 0.717) is 25.0 Å². The van der Waals surface area contributed by atoms with Crippen molar-refractivity contribution in [1.82, 2.24) is 10.6 Å². The topological polar surface area (TPSA) is 64.1 Å². The van der Waals surface area contributed by atoms with E-state index < -0.39 is 0 Å². The second-order valence-corrected chi connectivity index (χ2v) is 7.36. The van der Waals surface area contributed by atoms with Gasteiger partial charge in [0.2, 0.25) is 0 Å². The Kier molecular flexibility index (Phi) is 9.23. The fourth-order valence-corrected chi connectivity index (χ4v) is 3.76.